The Bertz CT molecular complexity index is 4110. The highest BCUT2D eigenvalue weighted by Gasteiger charge is 2.41. The fourth-order valence-corrected chi connectivity index (χ4v) is 13.1. The molecule has 20 amide bonds. The molecule has 1 aromatic heterocycles. The molecule has 0 saturated carbocycles. The van der Waals surface area contributed by atoms with Gasteiger partial charge in [0, 0.05) is 24.8 Å². The number of aliphatic carboxylic acids is 2. The highest BCUT2D eigenvalue weighted by Crippen LogP contribution is 2.15. The first kappa shape index (κ1) is 120. The number of aromatic nitrogens is 2. The third-order valence-corrected chi connectivity index (χ3v) is 21.5. The van der Waals surface area contributed by atoms with Crippen molar-refractivity contribution >= 4 is 166 Å². The van der Waals surface area contributed by atoms with Crippen LogP contribution in [0, 0.1) is 5.92 Å². The summed E-state index contributed by atoms with van der Waals surface area (Å²) in [7, 11) is 0. The maximum Gasteiger partial charge on any atom is 0.326 e. The minimum Gasteiger partial charge on any atom is -0.481 e. The zero-order valence-corrected chi connectivity index (χ0v) is 77.1. The van der Waals surface area contributed by atoms with Gasteiger partial charge in [0.05, 0.1) is 76.5 Å². The minimum atomic E-state index is -2.14. The van der Waals surface area contributed by atoms with E-state index in [9.17, 15) is 146 Å². The summed E-state index contributed by atoms with van der Waals surface area (Å²) in [5, 5.41) is 119. The lowest BCUT2D eigenvalue weighted by molar-refractivity contribution is -0.144. The fourth-order valence-electron chi connectivity index (χ4n) is 12.0. The summed E-state index contributed by atoms with van der Waals surface area (Å²) < 4.78 is 0. The first-order chi connectivity index (χ1) is 63.2. The van der Waals surface area contributed by atoms with Crippen LogP contribution in [0.4, 0.5) is 0 Å². The number of carbonyl (C=O) groups excluding carboxylic acids is 20. The molecule has 38 N–H and O–H groups in total. The number of carboxylic acids is 2. The number of rotatable bonds is 69. The van der Waals surface area contributed by atoms with Crippen molar-refractivity contribution in [2.75, 3.05) is 75.9 Å². The molecule has 0 spiro atoms. The monoisotopic (exact) mass is 1970 g/mol. The van der Waals surface area contributed by atoms with E-state index in [-0.39, 0.29) is 81.0 Å². The van der Waals surface area contributed by atoms with Gasteiger partial charge in [0.25, 0.3) is 0 Å². The number of nitrogens with two attached hydrogens (primary N) is 6. The predicted octanol–water partition coefficient (Wildman–Crippen LogP) is -15.8. The zero-order chi connectivity index (χ0) is 102. The Morgan fingerprint density at radius 1 is 0.388 bits per heavy atom. The van der Waals surface area contributed by atoms with Crippen LogP contribution in [0.5, 0.6) is 0 Å². The van der Waals surface area contributed by atoms with Crippen LogP contribution in [0.15, 0.2) is 12.5 Å². The van der Waals surface area contributed by atoms with E-state index in [2.05, 4.69) is 108 Å². The molecule has 1 rings (SSSR count). The molecule has 0 aromatic carbocycles. The summed E-state index contributed by atoms with van der Waals surface area (Å²) in [5.74, 6) is -28.2. The normalized spacial score (nSPS) is 15.6. The number of carbonyl (C=O) groups is 22. The number of H-pyrrole nitrogens is 1. The number of aliphatic hydroxyl groups is 6. The number of carboxylic acid groups (broad SMARTS) is 2. The van der Waals surface area contributed by atoms with E-state index >= 15 is 0 Å². The number of unbranched alkanes of at least 4 members (excludes halogenated alkanes) is 2. The first-order valence-electron chi connectivity index (χ1n) is 42.1. The molecule has 756 valence electrons. The third kappa shape index (κ3) is 44.4. The van der Waals surface area contributed by atoms with Crippen LogP contribution >= 0.6 is 36.2 Å². The van der Waals surface area contributed by atoms with E-state index in [1.54, 1.807) is 26.4 Å². The summed E-state index contributed by atoms with van der Waals surface area (Å²) in [6, 6.07) is -32.4. The van der Waals surface area contributed by atoms with Gasteiger partial charge in [-0.2, -0.15) is 36.2 Å². The lowest BCUT2D eigenvalue weighted by Crippen LogP contribution is -2.62. The number of thiol groups is 1. The topological polar surface area (TPSA) is 927 Å². The molecule has 0 unspecified atom stereocenters. The van der Waals surface area contributed by atoms with Crippen molar-refractivity contribution in [1.29, 1.82) is 0 Å². The van der Waals surface area contributed by atoms with Crippen molar-refractivity contribution in [3.8, 4) is 0 Å². The van der Waals surface area contributed by atoms with Gasteiger partial charge >= 0.3 is 11.9 Å². The highest BCUT2D eigenvalue weighted by atomic mass is 32.2. The Kier molecular flexibility index (Phi) is 57.6. The fraction of sp³-hybridized carbons (Fsp3) is 0.671. The van der Waals surface area contributed by atoms with Gasteiger partial charge in [-0.25, -0.2) is 9.78 Å². The quantitative estimate of drug-likeness (QED) is 0.0213. The van der Waals surface area contributed by atoms with Crippen LogP contribution in [0.3, 0.4) is 0 Å². The molecule has 55 nitrogen and oxygen atoms in total. The zero-order valence-electron chi connectivity index (χ0n) is 74.6. The van der Waals surface area contributed by atoms with E-state index in [0.29, 0.717) is 12.8 Å². The molecule has 0 aliphatic carbocycles. The Balaban J connectivity index is 3.52. The molecule has 58 heteroatoms. The molecular weight excluding hydrogens is 1840 g/mol. The number of nitrogens with zero attached hydrogens (tertiary/aromatic N) is 1. The van der Waals surface area contributed by atoms with Crippen molar-refractivity contribution in [3.05, 3.63) is 18.2 Å². The van der Waals surface area contributed by atoms with Crippen molar-refractivity contribution in [2.45, 2.75) is 239 Å². The van der Waals surface area contributed by atoms with Crippen LogP contribution < -0.4 is 125 Å². The molecule has 0 fully saturated rings. The summed E-state index contributed by atoms with van der Waals surface area (Å²) in [6.45, 7) is -0.435. The van der Waals surface area contributed by atoms with Crippen molar-refractivity contribution in [3.63, 3.8) is 0 Å². The second-order valence-corrected chi connectivity index (χ2v) is 32.9. The maximum atomic E-state index is 14.4. The first-order valence-corrected chi connectivity index (χ1v) is 45.5. The number of hydrogen-bond acceptors (Lipinski definition) is 35. The molecular formula is C76H129N25O30S3. The van der Waals surface area contributed by atoms with Gasteiger partial charge in [-0.1, -0.05) is 20.3 Å². The van der Waals surface area contributed by atoms with Gasteiger partial charge < -0.3 is 171 Å². The van der Waals surface area contributed by atoms with Gasteiger partial charge in [0.2, 0.25) is 118 Å². The summed E-state index contributed by atoms with van der Waals surface area (Å²) >= 11 is 6.19. The largest absolute Gasteiger partial charge is 0.481 e. The van der Waals surface area contributed by atoms with E-state index in [0.717, 1.165) is 25.6 Å². The Labute approximate surface area is 782 Å². The van der Waals surface area contributed by atoms with E-state index < -0.39 is 322 Å². The van der Waals surface area contributed by atoms with Crippen LogP contribution in [-0.2, 0) is 112 Å². The minimum absolute atomic E-state index is 0.0678. The second kappa shape index (κ2) is 64.2. The highest BCUT2D eigenvalue weighted by molar-refractivity contribution is 7.98. The number of aliphatic hydroxyl groups excluding tert-OH is 6. The molecule has 0 radical (unpaired) electrons. The average Bonchev–Trinajstić information content (AvgIpc) is 0.934. The molecule has 0 bridgehead atoms. The Hall–Kier alpha value is -11.8. The molecule has 0 aliphatic rings. The van der Waals surface area contributed by atoms with Gasteiger partial charge in [-0.15, -0.1) is 0 Å². The molecule has 20 atom stereocenters. The Morgan fingerprint density at radius 3 is 1.03 bits per heavy atom. The summed E-state index contributed by atoms with van der Waals surface area (Å²) in [5.41, 5.74) is 33.4. The summed E-state index contributed by atoms with van der Waals surface area (Å²) in [4.78, 5) is 302. The third-order valence-electron chi connectivity index (χ3n) is 19.9. The van der Waals surface area contributed by atoms with Crippen molar-refractivity contribution in [1.82, 2.24) is 100 Å². The molecule has 0 aliphatic heterocycles. The summed E-state index contributed by atoms with van der Waals surface area (Å²) in [6.07, 6.45) is -0.923. The van der Waals surface area contributed by atoms with Gasteiger partial charge in [0.1, 0.15) is 103 Å². The molecule has 1 aromatic rings. The second-order valence-electron chi connectivity index (χ2n) is 30.6. The SMILES string of the molecule is CC[C@H](C)[C@H](NC(=O)[C@H](CCCCN)NC(=O)[C@H](CC(=O)O)NC(=O)[C@H](CO)NC(=O)[C@H](CCCCN)NC(=O)[C@H](CCSC)NC(=O)[C@H](CCC(N)=O)NC(=O)[C@@H](NC(=O)[C@H](CC(N)=O)NC(=O)[C@H](C)NC(=O)[C@H](CCSC)NC(=O)[C@H](CC(N)=O)NC(=O)[C@H](CO)NC(=O)[C@H](CO)NC(=O)[C@H](Cc1c[nH]cn1)NC(=O)[C@H](CO)NC(=O)[C@H](CO)NC(=O)[C@@H](N)CS)[C@@H](C)O)C(=O)O. The predicted molar refractivity (Wildman–Crippen MR) is 477 cm³/mol. The molecule has 134 heavy (non-hydrogen) atoms. The van der Waals surface area contributed by atoms with E-state index in [4.69, 9.17) is 34.4 Å². The van der Waals surface area contributed by atoms with Crippen LogP contribution in [-0.4, -0.2) is 372 Å². The number of aromatic amines is 1. The van der Waals surface area contributed by atoms with Crippen molar-refractivity contribution in [2.24, 2.45) is 40.3 Å². The number of hydrogen-bond donors (Lipinski definition) is 33. The number of amides is 20. The lowest BCUT2D eigenvalue weighted by Gasteiger charge is -2.28. The number of imidazole rings is 1. The number of nitrogens with one attached hydrogen (secondary N) is 18. The van der Waals surface area contributed by atoms with Crippen LogP contribution in [0.25, 0.3) is 0 Å². The van der Waals surface area contributed by atoms with Gasteiger partial charge in [-0.3, -0.25) is 101 Å². The van der Waals surface area contributed by atoms with E-state index in [1.165, 1.54) is 24.3 Å². The molecule has 0 saturated heterocycles. The average molecular weight is 1970 g/mol. The smallest absolute Gasteiger partial charge is 0.326 e. The van der Waals surface area contributed by atoms with E-state index in [1.807, 2.05) is 5.32 Å². The lowest BCUT2D eigenvalue weighted by atomic mass is 9.98. The molecule has 1 heterocycles. The van der Waals surface area contributed by atoms with Gasteiger partial charge in [-0.05, 0) is 115 Å². The van der Waals surface area contributed by atoms with Crippen LogP contribution in [0.2, 0.25) is 0 Å². The maximum absolute atomic E-state index is 14.4. The number of primary amides is 3. The Morgan fingerprint density at radius 2 is 0.694 bits per heavy atom. The van der Waals surface area contributed by atoms with Crippen LogP contribution in [0.1, 0.15) is 123 Å². The standard InChI is InChI=1S/C76H129N25O30S3/c1-7-34(2)57(76(130)131)100-65(119)40(13-9-11-19-78)87-68(122)47(25-56(111)112)94-72(126)49(28-103)96-62(116)39(12-8-10-18-77)86-64(118)43(17-21-134-6)88-63(117)41(14-15-53(80)108)90-75(129)58(36(4)107)101-69(123)46(24-55(82)110)91-59(113)35(3)85-61(115)42(16-20-133-5)89-67(121)45(23-54(81)109)93-71(125)51(30-105)99-74(128)52(31-106)97-66(120)44(22-37-26-83-33-84-37)92-70(124)50(29-104)98-73(127)48(27-102)95-60(114)38(79)32-132/h26,33-36,38-52,57-58,102-107,132H,7-25,27-32,77-79H2,1-6H3,(H2,80,108)(H2,81,109)(H2,82,110)(H,83,84)(H,85,115)(H,86,118)(H,87,122)(H,88,117)(H,89,121)(H,90,129)(H,91,113)(H,92,124)(H,93,125)(H,94,126)(H,95,114)(H,96,116)(H,97,120)(H,98,127)(H,99,128)(H,100,119)(H,101,123)(H,111,112)(H,130,131)/t34-,35-,36+,38-,39-,40-,41-,42-,43-,44-,45-,46-,47-,48-,49-,50-,51-,52-,57-,58-/m0/s1. The van der Waals surface area contributed by atoms with Gasteiger partial charge in [0.15, 0.2) is 0 Å². The van der Waals surface area contributed by atoms with Crippen molar-refractivity contribution < 1.29 is 146 Å². The number of thioether (sulfide) groups is 2.